The number of ether oxygens (including phenoxy) is 2. The largest absolute Gasteiger partial charge is 0.446 e. The molecule has 0 saturated heterocycles. The molecule has 98 valence electrons. The molecule has 2 saturated carbocycles. The molecule has 0 aromatic heterocycles. The maximum absolute atomic E-state index is 11.4. The highest BCUT2D eigenvalue weighted by atomic mass is 16.6. The zero-order valence-electron chi connectivity index (χ0n) is 10.5. The number of hydrogen-bond donors (Lipinski definition) is 1. The third kappa shape index (κ3) is 4.54. The van der Waals surface area contributed by atoms with E-state index >= 15 is 0 Å². The summed E-state index contributed by atoms with van der Waals surface area (Å²) in [5, 5.41) is 2.75. The van der Waals surface area contributed by atoms with E-state index in [0.29, 0.717) is 19.3 Å². The fourth-order valence-electron chi connectivity index (χ4n) is 2.63. The summed E-state index contributed by atoms with van der Waals surface area (Å²) in [6.07, 6.45) is 9.59. The first-order valence-corrected chi connectivity index (χ1v) is 6.90. The summed E-state index contributed by atoms with van der Waals surface area (Å²) in [6, 6.07) is 0. The van der Waals surface area contributed by atoms with Gasteiger partial charge in [0.1, 0.15) is 6.10 Å². The molecule has 17 heavy (non-hydrogen) atoms. The van der Waals surface area contributed by atoms with Gasteiger partial charge in [-0.25, -0.2) is 4.79 Å². The number of carbonyl (C=O) groups excluding carboxylic acids is 1. The summed E-state index contributed by atoms with van der Waals surface area (Å²) in [5.74, 6) is 0. The molecule has 2 aliphatic carbocycles. The first-order valence-electron chi connectivity index (χ1n) is 6.90. The minimum atomic E-state index is -0.285. The average Bonchev–Trinajstić information content (AvgIpc) is 2.96. The number of nitrogens with one attached hydrogen (secondary N) is 1. The Balaban J connectivity index is 1.47. The van der Waals surface area contributed by atoms with Crippen LogP contribution in [0.2, 0.25) is 0 Å². The van der Waals surface area contributed by atoms with Gasteiger partial charge in [0.05, 0.1) is 12.7 Å². The Morgan fingerprint density at radius 1 is 1.00 bits per heavy atom. The molecule has 1 amide bonds. The van der Waals surface area contributed by atoms with Crippen LogP contribution in [0.5, 0.6) is 0 Å². The molecule has 0 aromatic carbocycles. The van der Waals surface area contributed by atoms with Gasteiger partial charge in [0, 0.05) is 6.54 Å². The summed E-state index contributed by atoms with van der Waals surface area (Å²) < 4.78 is 10.9. The Kier molecular flexibility index (Phi) is 5.10. The molecule has 2 fully saturated rings. The van der Waals surface area contributed by atoms with E-state index < -0.39 is 0 Å². The van der Waals surface area contributed by atoms with E-state index in [1.165, 1.54) is 38.5 Å². The number of alkyl carbamates (subject to hydrolysis) is 1. The summed E-state index contributed by atoms with van der Waals surface area (Å²) in [4.78, 5) is 11.4. The minimum absolute atomic E-state index is 0.144. The maximum Gasteiger partial charge on any atom is 0.407 e. The van der Waals surface area contributed by atoms with Crippen LogP contribution in [0, 0.1) is 0 Å². The number of rotatable bonds is 5. The number of carbonyl (C=O) groups is 1. The van der Waals surface area contributed by atoms with E-state index in [1.807, 2.05) is 0 Å². The highest BCUT2D eigenvalue weighted by Crippen LogP contribution is 2.21. The second-order valence-corrected chi connectivity index (χ2v) is 5.02. The summed E-state index contributed by atoms with van der Waals surface area (Å²) in [6.45, 7) is 1.16. The van der Waals surface area contributed by atoms with Crippen molar-refractivity contribution >= 4 is 6.09 Å². The van der Waals surface area contributed by atoms with Gasteiger partial charge in [-0.3, -0.25) is 0 Å². The van der Waals surface area contributed by atoms with E-state index in [2.05, 4.69) is 5.32 Å². The van der Waals surface area contributed by atoms with Crippen LogP contribution in [-0.2, 0) is 9.47 Å². The molecule has 0 aliphatic heterocycles. The number of amides is 1. The van der Waals surface area contributed by atoms with Gasteiger partial charge in [0.25, 0.3) is 0 Å². The zero-order chi connectivity index (χ0) is 11.9. The number of hydrogen-bond acceptors (Lipinski definition) is 3. The van der Waals surface area contributed by atoms with Crippen LogP contribution < -0.4 is 5.32 Å². The molecule has 0 radical (unpaired) electrons. The van der Waals surface area contributed by atoms with E-state index in [4.69, 9.17) is 9.47 Å². The highest BCUT2D eigenvalue weighted by molar-refractivity contribution is 5.67. The third-order valence-corrected chi connectivity index (χ3v) is 3.60. The Morgan fingerprint density at radius 2 is 1.59 bits per heavy atom. The van der Waals surface area contributed by atoms with Crippen LogP contribution in [-0.4, -0.2) is 31.5 Å². The van der Waals surface area contributed by atoms with Crippen molar-refractivity contribution in [1.82, 2.24) is 5.32 Å². The Hall–Kier alpha value is -0.770. The molecular formula is C13H23NO3. The highest BCUT2D eigenvalue weighted by Gasteiger charge is 2.19. The second-order valence-electron chi connectivity index (χ2n) is 5.02. The molecule has 1 N–H and O–H groups in total. The van der Waals surface area contributed by atoms with Crippen LogP contribution in [0.15, 0.2) is 0 Å². The smallest absolute Gasteiger partial charge is 0.407 e. The first kappa shape index (κ1) is 12.7. The molecule has 4 heteroatoms. The average molecular weight is 241 g/mol. The molecule has 4 nitrogen and oxygen atoms in total. The lowest BCUT2D eigenvalue weighted by Crippen LogP contribution is -2.31. The van der Waals surface area contributed by atoms with Gasteiger partial charge in [0.2, 0.25) is 0 Å². The fourth-order valence-corrected chi connectivity index (χ4v) is 2.63. The molecule has 2 aliphatic rings. The van der Waals surface area contributed by atoms with Crippen LogP contribution in [0.1, 0.15) is 51.4 Å². The van der Waals surface area contributed by atoms with Crippen molar-refractivity contribution in [3.8, 4) is 0 Å². The second kappa shape index (κ2) is 6.84. The van der Waals surface area contributed by atoms with Crippen molar-refractivity contribution in [3.63, 3.8) is 0 Å². The van der Waals surface area contributed by atoms with Gasteiger partial charge in [0.15, 0.2) is 0 Å². The minimum Gasteiger partial charge on any atom is -0.446 e. The van der Waals surface area contributed by atoms with Crippen LogP contribution in [0.3, 0.4) is 0 Å². The Morgan fingerprint density at radius 3 is 2.24 bits per heavy atom. The lowest BCUT2D eigenvalue weighted by molar-refractivity contribution is 0.0560. The van der Waals surface area contributed by atoms with Crippen molar-refractivity contribution in [2.24, 2.45) is 0 Å². The molecule has 0 unspecified atom stereocenters. The van der Waals surface area contributed by atoms with Crippen LogP contribution in [0.4, 0.5) is 4.79 Å². The van der Waals surface area contributed by atoms with E-state index in [0.717, 1.165) is 12.8 Å². The standard InChI is InChI=1S/C13H23NO3/c15-13(17-12-7-3-4-8-12)14-9-10-16-11-5-1-2-6-11/h11-12H,1-10H2,(H,14,15). The van der Waals surface area contributed by atoms with Gasteiger partial charge in [-0.2, -0.15) is 0 Å². The van der Waals surface area contributed by atoms with Crippen LogP contribution >= 0.6 is 0 Å². The predicted octanol–water partition coefficient (Wildman–Crippen LogP) is 2.61. The lowest BCUT2D eigenvalue weighted by atomic mass is 10.3. The zero-order valence-corrected chi connectivity index (χ0v) is 10.5. The first-order chi connectivity index (χ1) is 8.34. The van der Waals surface area contributed by atoms with E-state index in [1.54, 1.807) is 0 Å². The Bertz CT molecular complexity index is 233. The van der Waals surface area contributed by atoms with Crippen molar-refractivity contribution in [2.45, 2.75) is 63.6 Å². The molecule has 0 heterocycles. The molecule has 0 atom stereocenters. The van der Waals surface area contributed by atoms with Gasteiger partial charge in [-0.15, -0.1) is 0 Å². The fraction of sp³-hybridized carbons (Fsp3) is 0.923. The van der Waals surface area contributed by atoms with Crippen LogP contribution in [0.25, 0.3) is 0 Å². The normalized spacial score (nSPS) is 21.9. The maximum atomic E-state index is 11.4. The SMILES string of the molecule is O=C(NCCOC1CCCC1)OC1CCCC1. The monoisotopic (exact) mass is 241 g/mol. The topological polar surface area (TPSA) is 47.6 Å². The Labute approximate surface area is 103 Å². The molecular weight excluding hydrogens is 218 g/mol. The predicted molar refractivity (Wildman–Crippen MR) is 64.9 cm³/mol. The summed E-state index contributed by atoms with van der Waals surface area (Å²) in [5.41, 5.74) is 0. The molecule has 0 spiro atoms. The van der Waals surface area contributed by atoms with E-state index in [9.17, 15) is 4.79 Å². The van der Waals surface area contributed by atoms with Gasteiger partial charge < -0.3 is 14.8 Å². The molecule has 0 bridgehead atoms. The van der Waals surface area contributed by atoms with Crippen molar-refractivity contribution in [2.75, 3.05) is 13.2 Å². The van der Waals surface area contributed by atoms with Crippen molar-refractivity contribution in [3.05, 3.63) is 0 Å². The third-order valence-electron chi connectivity index (χ3n) is 3.60. The molecule has 0 aromatic rings. The lowest BCUT2D eigenvalue weighted by Gasteiger charge is -2.14. The van der Waals surface area contributed by atoms with Crippen molar-refractivity contribution in [1.29, 1.82) is 0 Å². The summed E-state index contributed by atoms with van der Waals surface area (Å²) in [7, 11) is 0. The van der Waals surface area contributed by atoms with Gasteiger partial charge in [-0.05, 0) is 38.5 Å². The van der Waals surface area contributed by atoms with Gasteiger partial charge >= 0.3 is 6.09 Å². The van der Waals surface area contributed by atoms with Crippen molar-refractivity contribution < 1.29 is 14.3 Å². The van der Waals surface area contributed by atoms with E-state index in [-0.39, 0.29) is 12.2 Å². The molecule has 2 rings (SSSR count). The summed E-state index contributed by atoms with van der Waals surface area (Å²) >= 11 is 0. The van der Waals surface area contributed by atoms with Gasteiger partial charge in [-0.1, -0.05) is 12.8 Å². The quantitative estimate of drug-likeness (QED) is 0.753.